The number of ether oxygens (including phenoxy) is 1. The molecule has 1 aliphatic heterocycles. The van der Waals surface area contributed by atoms with Gasteiger partial charge in [-0.25, -0.2) is 4.68 Å². The van der Waals surface area contributed by atoms with Crippen molar-refractivity contribution in [2.24, 2.45) is 0 Å². The van der Waals surface area contributed by atoms with Gasteiger partial charge in [0.15, 0.2) is 0 Å². The summed E-state index contributed by atoms with van der Waals surface area (Å²) in [4.78, 5) is 17.7. The summed E-state index contributed by atoms with van der Waals surface area (Å²) in [5, 5.41) is 10.6. The van der Waals surface area contributed by atoms with E-state index in [0.29, 0.717) is 18.1 Å². The van der Waals surface area contributed by atoms with Gasteiger partial charge in [0.05, 0.1) is 12.2 Å². The van der Waals surface area contributed by atoms with Crippen LogP contribution in [0, 0.1) is 6.92 Å². The molecule has 160 valence electrons. The Morgan fingerprint density at radius 3 is 2.71 bits per heavy atom. The summed E-state index contributed by atoms with van der Waals surface area (Å²) >= 11 is 0. The van der Waals surface area contributed by atoms with Crippen molar-refractivity contribution in [1.82, 2.24) is 14.8 Å². The molecule has 7 nitrogen and oxygen atoms in total. The zero-order chi connectivity index (χ0) is 21.8. The van der Waals surface area contributed by atoms with Crippen LogP contribution in [0.1, 0.15) is 43.9 Å². The molecule has 1 amide bonds. The van der Waals surface area contributed by atoms with Gasteiger partial charge in [-0.15, -0.1) is 0 Å². The summed E-state index contributed by atoms with van der Waals surface area (Å²) in [6.07, 6.45) is 3.50. The van der Waals surface area contributed by atoms with Crippen LogP contribution >= 0.6 is 0 Å². The third kappa shape index (κ3) is 4.30. The van der Waals surface area contributed by atoms with E-state index >= 15 is 0 Å². The molecule has 3 aromatic rings. The van der Waals surface area contributed by atoms with Crippen LogP contribution in [0.3, 0.4) is 0 Å². The Balaban J connectivity index is 1.73. The predicted octanol–water partition coefficient (Wildman–Crippen LogP) is 4.69. The van der Waals surface area contributed by atoms with Gasteiger partial charge < -0.3 is 15.4 Å². The monoisotopic (exact) mass is 417 g/mol. The lowest BCUT2D eigenvalue weighted by molar-refractivity contribution is -0.113. The maximum Gasteiger partial charge on any atom is 0.255 e. The van der Waals surface area contributed by atoms with Crippen molar-refractivity contribution >= 4 is 17.5 Å². The van der Waals surface area contributed by atoms with Crippen LogP contribution in [0.4, 0.5) is 11.6 Å². The van der Waals surface area contributed by atoms with Gasteiger partial charge in [-0.1, -0.05) is 49.2 Å². The molecule has 1 aromatic heterocycles. The number of nitrogens with one attached hydrogen (secondary N) is 2. The fourth-order valence-corrected chi connectivity index (χ4v) is 3.67. The number of aryl methyl sites for hydroxylation is 1. The number of benzene rings is 2. The molecule has 7 heteroatoms. The first kappa shape index (κ1) is 20.7. The molecular weight excluding hydrogens is 390 g/mol. The van der Waals surface area contributed by atoms with Crippen molar-refractivity contribution in [1.29, 1.82) is 0 Å². The molecular formula is C24H27N5O2. The number of para-hydroxylation sites is 1. The second kappa shape index (κ2) is 9.04. The van der Waals surface area contributed by atoms with Gasteiger partial charge in [0.25, 0.3) is 5.91 Å². The second-order valence-electron chi connectivity index (χ2n) is 7.65. The Labute approximate surface area is 182 Å². The van der Waals surface area contributed by atoms with Crippen LogP contribution in [-0.2, 0) is 4.79 Å². The topological polar surface area (TPSA) is 81.1 Å². The van der Waals surface area contributed by atoms with Crippen molar-refractivity contribution in [3.63, 3.8) is 0 Å². The average molecular weight is 418 g/mol. The number of nitrogens with zero attached hydrogens (tertiary/aromatic N) is 3. The normalized spacial score (nSPS) is 15.3. The highest BCUT2D eigenvalue weighted by Crippen LogP contribution is 2.39. The van der Waals surface area contributed by atoms with E-state index in [1.807, 2.05) is 62.4 Å². The molecule has 1 atom stereocenters. The predicted molar refractivity (Wildman–Crippen MR) is 121 cm³/mol. The third-order valence-electron chi connectivity index (χ3n) is 5.32. The van der Waals surface area contributed by atoms with Gasteiger partial charge in [-0.2, -0.15) is 10.1 Å². The maximum absolute atomic E-state index is 13.4. The van der Waals surface area contributed by atoms with E-state index in [4.69, 9.17) is 4.74 Å². The summed E-state index contributed by atoms with van der Waals surface area (Å²) in [6.45, 7) is 6.65. The molecule has 2 heterocycles. The number of allylic oxidation sites excluding steroid dienone is 1. The number of unbranched alkanes of at least 4 members (excludes halogenated alkanes) is 1. The van der Waals surface area contributed by atoms with E-state index in [1.54, 1.807) is 4.68 Å². The summed E-state index contributed by atoms with van der Waals surface area (Å²) in [5.74, 6) is 1.15. The molecule has 2 aromatic carbocycles. The Kier molecular flexibility index (Phi) is 6.02. The van der Waals surface area contributed by atoms with Crippen molar-refractivity contribution in [2.45, 2.75) is 39.7 Å². The number of amides is 1. The molecule has 1 aliphatic rings. The van der Waals surface area contributed by atoms with Crippen molar-refractivity contribution in [3.8, 4) is 5.75 Å². The standard InChI is InChI=1S/C24H27N5O2/c1-4-5-14-31-20-9-7-6-8-19(20)22-21(17(3)27-24-25-15-26-29(22)24)23(30)28-18-12-10-16(2)11-13-18/h6-13,15,22H,4-5,14H2,1-3H3,(H,28,30)(H,25,26,27). The number of hydrogen-bond donors (Lipinski definition) is 2. The Hall–Kier alpha value is -3.61. The summed E-state index contributed by atoms with van der Waals surface area (Å²) in [6, 6.07) is 15.1. The fraction of sp³-hybridized carbons (Fsp3) is 0.292. The first-order valence-electron chi connectivity index (χ1n) is 10.6. The zero-order valence-corrected chi connectivity index (χ0v) is 18.1. The summed E-state index contributed by atoms with van der Waals surface area (Å²) in [7, 11) is 0. The molecule has 0 radical (unpaired) electrons. The van der Waals surface area contributed by atoms with E-state index in [1.165, 1.54) is 6.33 Å². The first-order valence-corrected chi connectivity index (χ1v) is 10.6. The number of carbonyl (C=O) groups excluding carboxylic acids is 1. The second-order valence-corrected chi connectivity index (χ2v) is 7.65. The molecule has 0 aliphatic carbocycles. The fourth-order valence-electron chi connectivity index (χ4n) is 3.67. The third-order valence-corrected chi connectivity index (χ3v) is 5.32. The highest BCUT2D eigenvalue weighted by Gasteiger charge is 2.35. The SMILES string of the molecule is CCCCOc1ccccc1C1C(C(=O)Nc2ccc(C)cc2)=C(C)Nc2ncnn21. The molecule has 0 bridgehead atoms. The molecule has 0 fully saturated rings. The largest absolute Gasteiger partial charge is 0.493 e. The van der Waals surface area contributed by atoms with Crippen LogP contribution in [0.2, 0.25) is 0 Å². The lowest BCUT2D eigenvalue weighted by Gasteiger charge is -2.29. The molecule has 31 heavy (non-hydrogen) atoms. The number of fused-ring (bicyclic) bond motifs is 1. The van der Waals surface area contributed by atoms with E-state index in [9.17, 15) is 4.79 Å². The molecule has 1 unspecified atom stereocenters. The average Bonchev–Trinajstić information content (AvgIpc) is 3.23. The van der Waals surface area contributed by atoms with Crippen LogP contribution in [0.5, 0.6) is 5.75 Å². The lowest BCUT2D eigenvalue weighted by atomic mass is 9.94. The van der Waals surface area contributed by atoms with E-state index in [2.05, 4.69) is 27.6 Å². The zero-order valence-electron chi connectivity index (χ0n) is 18.1. The highest BCUT2D eigenvalue weighted by atomic mass is 16.5. The van der Waals surface area contributed by atoms with Crippen LogP contribution < -0.4 is 15.4 Å². The Morgan fingerprint density at radius 2 is 1.94 bits per heavy atom. The number of aromatic nitrogens is 3. The number of rotatable bonds is 7. The molecule has 0 spiro atoms. The van der Waals surface area contributed by atoms with Gasteiger partial charge in [0, 0.05) is 16.9 Å². The first-order chi connectivity index (χ1) is 15.1. The molecule has 0 saturated heterocycles. The molecule has 0 saturated carbocycles. The molecule has 4 rings (SSSR count). The van der Waals surface area contributed by atoms with Crippen LogP contribution in [0.25, 0.3) is 0 Å². The smallest absolute Gasteiger partial charge is 0.255 e. The minimum atomic E-state index is -0.456. The van der Waals surface area contributed by atoms with Gasteiger partial charge >= 0.3 is 0 Å². The summed E-state index contributed by atoms with van der Waals surface area (Å²) < 4.78 is 7.82. The van der Waals surface area contributed by atoms with Gasteiger partial charge in [0.1, 0.15) is 18.1 Å². The lowest BCUT2D eigenvalue weighted by Crippen LogP contribution is -2.31. The van der Waals surface area contributed by atoms with E-state index in [0.717, 1.165) is 41.1 Å². The van der Waals surface area contributed by atoms with Crippen molar-refractivity contribution < 1.29 is 9.53 Å². The minimum absolute atomic E-state index is 0.191. The summed E-state index contributed by atoms with van der Waals surface area (Å²) in [5.41, 5.74) is 4.06. The quantitative estimate of drug-likeness (QED) is 0.545. The van der Waals surface area contributed by atoms with E-state index in [-0.39, 0.29) is 5.91 Å². The Bertz CT molecular complexity index is 1100. The highest BCUT2D eigenvalue weighted by molar-refractivity contribution is 6.06. The number of anilines is 2. The number of carbonyl (C=O) groups is 1. The minimum Gasteiger partial charge on any atom is -0.493 e. The van der Waals surface area contributed by atoms with Crippen LogP contribution in [-0.4, -0.2) is 27.3 Å². The van der Waals surface area contributed by atoms with Crippen molar-refractivity contribution in [2.75, 3.05) is 17.2 Å². The van der Waals surface area contributed by atoms with Gasteiger partial charge in [-0.3, -0.25) is 4.79 Å². The molecule has 2 N–H and O–H groups in total. The van der Waals surface area contributed by atoms with E-state index < -0.39 is 6.04 Å². The van der Waals surface area contributed by atoms with Crippen molar-refractivity contribution in [3.05, 3.63) is 77.3 Å². The van der Waals surface area contributed by atoms with Crippen LogP contribution in [0.15, 0.2) is 66.1 Å². The van der Waals surface area contributed by atoms with Gasteiger partial charge in [0.2, 0.25) is 5.95 Å². The number of hydrogen-bond acceptors (Lipinski definition) is 5. The Morgan fingerprint density at radius 1 is 1.16 bits per heavy atom. The van der Waals surface area contributed by atoms with Gasteiger partial charge in [-0.05, 0) is 38.5 Å². The maximum atomic E-state index is 13.4.